The molecule has 0 aromatic carbocycles. The van der Waals surface area contributed by atoms with Crippen molar-refractivity contribution in [3.05, 3.63) is 0 Å². The quantitative estimate of drug-likeness (QED) is 0.492. The molecule has 17 heavy (non-hydrogen) atoms. The molecule has 2 nitrogen and oxygen atoms in total. The van der Waals surface area contributed by atoms with E-state index in [0.29, 0.717) is 5.41 Å². The van der Waals surface area contributed by atoms with Crippen LogP contribution in [-0.4, -0.2) is 5.97 Å². The van der Waals surface area contributed by atoms with Crippen molar-refractivity contribution in [2.24, 2.45) is 10.8 Å². The van der Waals surface area contributed by atoms with Crippen LogP contribution in [-0.2, 0) is 4.79 Å². The van der Waals surface area contributed by atoms with Gasteiger partial charge in [-0.3, -0.25) is 0 Å². The van der Waals surface area contributed by atoms with Gasteiger partial charge in [-0.1, -0.05) is 26.2 Å². The maximum absolute atomic E-state index is 11.2. The van der Waals surface area contributed by atoms with Gasteiger partial charge in [0.25, 0.3) is 0 Å². The molecule has 0 unspecified atom stereocenters. The molecule has 0 spiro atoms. The number of hydrogen-bond donors (Lipinski definition) is 0. The minimum atomic E-state index is -0.783. The van der Waals surface area contributed by atoms with Gasteiger partial charge >= 0.3 is 29.6 Å². The van der Waals surface area contributed by atoms with Crippen molar-refractivity contribution >= 4 is 5.97 Å². The van der Waals surface area contributed by atoms with Crippen LogP contribution in [0, 0.1) is 10.8 Å². The third-order valence-electron chi connectivity index (χ3n) is 5.15. The van der Waals surface area contributed by atoms with Crippen LogP contribution in [0.4, 0.5) is 0 Å². The van der Waals surface area contributed by atoms with E-state index >= 15 is 0 Å². The molecule has 0 saturated heterocycles. The molecule has 0 N–H and O–H groups in total. The molecule has 0 amide bonds. The van der Waals surface area contributed by atoms with Crippen LogP contribution < -0.4 is 34.7 Å². The Kier molecular flexibility index (Phi) is 5.55. The molecule has 0 aromatic rings. The molecule has 0 aliphatic heterocycles. The number of rotatable bonds is 5. The first-order chi connectivity index (χ1) is 7.63. The standard InChI is InChI=1S/C14H24O2.Na/c1-2-3-4-5-13-6-9-14(10-7-13,11-8-13)12(15)16;/h2-11H2,1H3,(H,15,16);/q;+1/p-1. The molecule has 3 fully saturated rings. The van der Waals surface area contributed by atoms with E-state index in [4.69, 9.17) is 0 Å². The first-order valence-corrected chi connectivity index (χ1v) is 6.84. The Balaban J connectivity index is 0.00000144. The second-order valence-corrected chi connectivity index (χ2v) is 6.02. The van der Waals surface area contributed by atoms with E-state index in [1.807, 2.05) is 0 Å². The second kappa shape index (κ2) is 6.08. The number of hydrogen-bond acceptors (Lipinski definition) is 2. The van der Waals surface area contributed by atoms with Crippen LogP contribution in [0.3, 0.4) is 0 Å². The average Bonchev–Trinajstić information content (AvgIpc) is 2.31. The third-order valence-corrected chi connectivity index (χ3v) is 5.15. The van der Waals surface area contributed by atoms with Gasteiger partial charge in [0.2, 0.25) is 0 Å². The summed E-state index contributed by atoms with van der Waals surface area (Å²) in [6, 6.07) is 0. The average molecular weight is 246 g/mol. The van der Waals surface area contributed by atoms with E-state index in [-0.39, 0.29) is 29.6 Å². The molecule has 3 aliphatic rings. The zero-order valence-corrected chi connectivity index (χ0v) is 13.4. The normalized spacial score (nSPS) is 35.4. The van der Waals surface area contributed by atoms with Crippen molar-refractivity contribution < 1.29 is 39.5 Å². The van der Waals surface area contributed by atoms with E-state index in [1.165, 1.54) is 25.7 Å². The maximum atomic E-state index is 11.2. The monoisotopic (exact) mass is 246 g/mol. The number of carboxylic acid groups (broad SMARTS) is 1. The Morgan fingerprint density at radius 3 is 2.00 bits per heavy atom. The van der Waals surface area contributed by atoms with E-state index < -0.39 is 11.4 Å². The number of unbranched alkanes of at least 4 members (excludes halogenated alkanes) is 2. The SMILES string of the molecule is CCCCCC12CCC(C(=O)[O-])(CC1)CC2.[Na+]. The van der Waals surface area contributed by atoms with Crippen LogP contribution in [0.1, 0.15) is 71.1 Å². The summed E-state index contributed by atoms with van der Waals surface area (Å²) in [5.41, 5.74) is 0.0683. The van der Waals surface area contributed by atoms with Crippen LogP contribution in [0.15, 0.2) is 0 Å². The van der Waals surface area contributed by atoms with Crippen molar-refractivity contribution in [2.45, 2.75) is 71.1 Å². The summed E-state index contributed by atoms with van der Waals surface area (Å²) in [4.78, 5) is 11.2. The Hall–Kier alpha value is 0.470. The van der Waals surface area contributed by atoms with Crippen molar-refractivity contribution in [3.8, 4) is 0 Å². The van der Waals surface area contributed by atoms with E-state index in [1.54, 1.807) is 0 Å². The summed E-state index contributed by atoms with van der Waals surface area (Å²) in [5.74, 6) is -0.783. The molecular weight excluding hydrogens is 223 g/mol. The van der Waals surface area contributed by atoms with Crippen LogP contribution in [0.5, 0.6) is 0 Å². The second-order valence-electron chi connectivity index (χ2n) is 6.02. The molecule has 3 saturated carbocycles. The number of fused-ring (bicyclic) bond motifs is 3. The summed E-state index contributed by atoms with van der Waals surface area (Å²) in [5, 5.41) is 11.2. The van der Waals surface area contributed by atoms with Gasteiger partial charge < -0.3 is 9.90 Å². The number of aliphatic carboxylic acids is 1. The molecule has 0 radical (unpaired) electrons. The van der Waals surface area contributed by atoms with Gasteiger partial charge in [-0.25, -0.2) is 0 Å². The van der Waals surface area contributed by atoms with Crippen LogP contribution >= 0.6 is 0 Å². The van der Waals surface area contributed by atoms with Crippen molar-refractivity contribution in [1.82, 2.24) is 0 Å². The zero-order valence-electron chi connectivity index (χ0n) is 11.4. The van der Waals surface area contributed by atoms with Gasteiger partial charge in [0.15, 0.2) is 0 Å². The van der Waals surface area contributed by atoms with E-state index in [9.17, 15) is 9.90 Å². The molecule has 3 aliphatic carbocycles. The minimum absolute atomic E-state index is 0. The first kappa shape index (κ1) is 15.5. The number of carbonyl (C=O) groups excluding carboxylic acids is 1. The van der Waals surface area contributed by atoms with Gasteiger partial charge in [0.05, 0.1) is 0 Å². The van der Waals surface area contributed by atoms with E-state index in [2.05, 4.69) is 6.92 Å². The predicted octanol–water partition coefficient (Wildman–Crippen LogP) is -0.339. The van der Waals surface area contributed by atoms with Crippen LogP contribution in [0.2, 0.25) is 0 Å². The Morgan fingerprint density at radius 1 is 1.06 bits per heavy atom. The molecule has 92 valence electrons. The fraction of sp³-hybridized carbons (Fsp3) is 0.929. The smallest absolute Gasteiger partial charge is 0.550 e. The number of carbonyl (C=O) groups is 1. The molecule has 0 aromatic heterocycles. The summed E-state index contributed by atoms with van der Waals surface area (Å²) in [6.45, 7) is 2.24. The summed E-state index contributed by atoms with van der Waals surface area (Å²) >= 11 is 0. The molecule has 0 atom stereocenters. The first-order valence-electron chi connectivity index (χ1n) is 6.84. The molecular formula is C14H23NaO2. The topological polar surface area (TPSA) is 40.1 Å². The van der Waals surface area contributed by atoms with Crippen LogP contribution in [0.25, 0.3) is 0 Å². The van der Waals surface area contributed by atoms with Gasteiger partial charge in [0, 0.05) is 11.4 Å². The fourth-order valence-corrected chi connectivity index (χ4v) is 3.69. The summed E-state index contributed by atoms with van der Waals surface area (Å²) in [7, 11) is 0. The maximum Gasteiger partial charge on any atom is 1.00 e. The minimum Gasteiger partial charge on any atom is -0.550 e. The van der Waals surface area contributed by atoms with Gasteiger partial charge in [0.1, 0.15) is 0 Å². The Morgan fingerprint density at radius 2 is 1.59 bits per heavy atom. The predicted molar refractivity (Wildman–Crippen MR) is 61.7 cm³/mol. The zero-order chi connectivity index (χ0) is 11.6. The summed E-state index contributed by atoms with van der Waals surface area (Å²) < 4.78 is 0. The Labute approximate surface area is 127 Å². The van der Waals surface area contributed by atoms with Gasteiger partial charge in [-0.15, -0.1) is 0 Å². The molecule has 0 heterocycles. The fourth-order valence-electron chi connectivity index (χ4n) is 3.69. The van der Waals surface area contributed by atoms with E-state index in [0.717, 1.165) is 38.5 Å². The molecule has 2 bridgehead atoms. The third kappa shape index (κ3) is 3.08. The largest absolute Gasteiger partial charge is 1.00 e. The molecule has 3 heteroatoms. The van der Waals surface area contributed by atoms with Crippen molar-refractivity contribution in [1.29, 1.82) is 0 Å². The Bertz CT molecular complexity index is 251. The molecule has 3 rings (SSSR count). The number of carboxylic acids is 1. The summed E-state index contributed by atoms with van der Waals surface area (Å²) in [6.07, 6.45) is 11.3. The van der Waals surface area contributed by atoms with Gasteiger partial charge in [-0.2, -0.15) is 0 Å². The van der Waals surface area contributed by atoms with Crippen molar-refractivity contribution in [2.75, 3.05) is 0 Å². The van der Waals surface area contributed by atoms with Crippen molar-refractivity contribution in [3.63, 3.8) is 0 Å². The van der Waals surface area contributed by atoms with Gasteiger partial charge in [-0.05, 0) is 50.4 Å².